The zero-order valence-electron chi connectivity index (χ0n) is 11.9. The predicted octanol–water partition coefficient (Wildman–Crippen LogP) is 2.11. The molecule has 0 saturated heterocycles. The first-order valence-electron chi connectivity index (χ1n) is 6.67. The Morgan fingerprint density at radius 3 is 3.05 bits per heavy atom. The monoisotopic (exact) mass is 302 g/mol. The van der Waals surface area contributed by atoms with Crippen LogP contribution in [0.15, 0.2) is 54.6 Å². The van der Waals surface area contributed by atoms with Crippen LogP contribution in [0.3, 0.4) is 0 Å². The number of pyridine rings is 1. The van der Waals surface area contributed by atoms with E-state index in [9.17, 15) is 4.79 Å². The Morgan fingerprint density at radius 2 is 2.33 bits per heavy atom. The van der Waals surface area contributed by atoms with Gasteiger partial charge in [-0.05, 0) is 19.1 Å². The number of carbonyl (C=O) groups is 1. The van der Waals surface area contributed by atoms with E-state index >= 15 is 0 Å². The van der Waals surface area contributed by atoms with Crippen molar-refractivity contribution >= 4 is 17.7 Å². The molecule has 6 heteroatoms. The molecule has 5 nitrogen and oxygen atoms in total. The highest BCUT2D eigenvalue weighted by atomic mass is 32.2. The minimum atomic E-state index is -0.213. The summed E-state index contributed by atoms with van der Waals surface area (Å²) < 4.78 is 1.99. The highest BCUT2D eigenvalue weighted by molar-refractivity contribution is 8.00. The molecule has 0 aromatic carbocycles. The van der Waals surface area contributed by atoms with Gasteiger partial charge in [-0.3, -0.25) is 9.78 Å². The van der Waals surface area contributed by atoms with Gasteiger partial charge in [0.05, 0.1) is 17.5 Å². The number of rotatable bonds is 7. The third kappa shape index (κ3) is 4.46. The summed E-state index contributed by atoms with van der Waals surface area (Å²) in [6, 6.07) is 5.81. The number of aromatic nitrogens is 3. The number of nitrogens with one attached hydrogen (secondary N) is 1. The zero-order valence-corrected chi connectivity index (χ0v) is 12.7. The number of nitrogens with zero attached hydrogens (tertiary/aromatic N) is 3. The summed E-state index contributed by atoms with van der Waals surface area (Å²) in [6.45, 7) is 6.57. The molecule has 1 amide bonds. The van der Waals surface area contributed by atoms with E-state index in [-0.39, 0.29) is 11.2 Å². The lowest BCUT2D eigenvalue weighted by atomic mass is 10.3. The molecule has 2 aromatic rings. The summed E-state index contributed by atoms with van der Waals surface area (Å²) in [5.74, 6) is -0.0210. The van der Waals surface area contributed by atoms with E-state index in [0.717, 1.165) is 10.9 Å². The molecule has 110 valence electrons. The summed E-state index contributed by atoms with van der Waals surface area (Å²) in [4.78, 5) is 20.5. The largest absolute Gasteiger partial charge is 0.352 e. The molecule has 2 rings (SSSR count). The lowest BCUT2D eigenvalue weighted by Gasteiger charge is -2.12. The van der Waals surface area contributed by atoms with Crippen LogP contribution in [0, 0.1) is 0 Å². The summed E-state index contributed by atoms with van der Waals surface area (Å²) >= 11 is 1.43. The molecule has 0 spiro atoms. The van der Waals surface area contributed by atoms with Gasteiger partial charge in [-0.2, -0.15) is 0 Å². The number of hydrogen-bond acceptors (Lipinski definition) is 4. The van der Waals surface area contributed by atoms with E-state index in [1.165, 1.54) is 11.8 Å². The van der Waals surface area contributed by atoms with Crippen LogP contribution >= 0.6 is 11.8 Å². The van der Waals surface area contributed by atoms with Crippen molar-refractivity contribution in [3.63, 3.8) is 0 Å². The first-order valence-corrected chi connectivity index (χ1v) is 7.55. The van der Waals surface area contributed by atoms with Crippen LogP contribution in [0.2, 0.25) is 0 Å². The second-order valence-electron chi connectivity index (χ2n) is 4.45. The molecule has 2 aromatic heterocycles. The van der Waals surface area contributed by atoms with Crippen molar-refractivity contribution in [1.29, 1.82) is 0 Å². The average molecular weight is 302 g/mol. The van der Waals surface area contributed by atoms with Gasteiger partial charge >= 0.3 is 0 Å². The second-order valence-corrected chi connectivity index (χ2v) is 5.76. The van der Waals surface area contributed by atoms with E-state index in [1.807, 2.05) is 35.9 Å². The van der Waals surface area contributed by atoms with Gasteiger partial charge < -0.3 is 9.88 Å². The van der Waals surface area contributed by atoms with Gasteiger partial charge in [-0.1, -0.05) is 23.9 Å². The molecule has 0 saturated carbocycles. The lowest BCUT2D eigenvalue weighted by Crippen LogP contribution is -2.31. The van der Waals surface area contributed by atoms with Gasteiger partial charge in [0.1, 0.15) is 0 Å². The van der Waals surface area contributed by atoms with Crippen LogP contribution in [-0.4, -0.2) is 32.2 Å². The normalized spacial score (nSPS) is 11.9. The van der Waals surface area contributed by atoms with Crippen molar-refractivity contribution in [2.45, 2.75) is 23.9 Å². The summed E-state index contributed by atoms with van der Waals surface area (Å²) in [5.41, 5.74) is 0.959. The second kappa shape index (κ2) is 7.64. The van der Waals surface area contributed by atoms with Crippen LogP contribution in [0.4, 0.5) is 0 Å². The van der Waals surface area contributed by atoms with Gasteiger partial charge in [0.15, 0.2) is 5.16 Å². The molecule has 0 aliphatic heterocycles. The summed E-state index contributed by atoms with van der Waals surface area (Å²) in [5, 5.41) is 3.38. The standard InChI is InChI=1S/C15H18N4OS/c1-3-7-17-14(20)12(2)21-15-18-9-10-19(15)11-13-6-4-5-8-16-13/h3-6,8-10,12H,1,7,11H2,2H3,(H,17,20). The Kier molecular flexibility index (Phi) is 5.57. The maximum absolute atomic E-state index is 11.9. The summed E-state index contributed by atoms with van der Waals surface area (Å²) in [7, 11) is 0. The fourth-order valence-corrected chi connectivity index (χ4v) is 2.62. The molecular weight excluding hydrogens is 284 g/mol. The van der Waals surface area contributed by atoms with Crippen LogP contribution < -0.4 is 5.32 Å². The molecule has 1 N–H and O–H groups in total. The minimum Gasteiger partial charge on any atom is -0.352 e. The topological polar surface area (TPSA) is 59.8 Å². The maximum Gasteiger partial charge on any atom is 0.233 e. The van der Waals surface area contributed by atoms with Gasteiger partial charge in [0, 0.05) is 25.1 Å². The molecule has 0 aliphatic rings. The predicted molar refractivity (Wildman–Crippen MR) is 84.1 cm³/mol. The van der Waals surface area contributed by atoms with Crippen LogP contribution in [0.5, 0.6) is 0 Å². The smallest absolute Gasteiger partial charge is 0.233 e. The van der Waals surface area contributed by atoms with Gasteiger partial charge in [-0.15, -0.1) is 6.58 Å². The molecule has 0 fully saturated rings. The van der Waals surface area contributed by atoms with E-state index in [4.69, 9.17) is 0 Å². The molecule has 1 atom stereocenters. The van der Waals surface area contributed by atoms with Crippen molar-refractivity contribution in [3.8, 4) is 0 Å². The Morgan fingerprint density at radius 1 is 1.48 bits per heavy atom. The SMILES string of the molecule is C=CCNC(=O)C(C)Sc1nccn1Cc1ccccn1. The molecule has 1 unspecified atom stereocenters. The van der Waals surface area contributed by atoms with E-state index in [2.05, 4.69) is 21.9 Å². The third-order valence-corrected chi connectivity index (χ3v) is 3.93. The van der Waals surface area contributed by atoms with Crippen molar-refractivity contribution in [2.24, 2.45) is 0 Å². The van der Waals surface area contributed by atoms with Crippen LogP contribution in [0.1, 0.15) is 12.6 Å². The van der Waals surface area contributed by atoms with Crippen molar-refractivity contribution < 1.29 is 4.79 Å². The van der Waals surface area contributed by atoms with E-state index < -0.39 is 0 Å². The number of imidazole rings is 1. The lowest BCUT2D eigenvalue weighted by molar-refractivity contribution is -0.120. The molecule has 0 bridgehead atoms. The Balaban J connectivity index is 2.00. The first-order chi connectivity index (χ1) is 10.2. The molecule has 2 heterocycles. The molecule has 21 heavy (non-hydrogen) atoms. The van der Waals surface area contributed by atoms with Crippen molar-refractivity contribution in [3.05, 3.63) is 55.1 Å². The Hall–Kier alpha value is -2.08. The fourth-order valence-electron chi connectivity index (χ4n) is 1.73. The van der Waals surface area contributed by atoms with Crippen molar-refractivity contribution in [1.82, 2.24) is 19.9 Å². The highest BCUT2D eigenvalue weighted by Gasteiger charge is 2.16. The van der Waals surface area contributed by atoms with Gasteiger partial charge in [-0.25, -0.2) is 4.98 Å². The van der Waals surface area contributed by atoms with Gasteiger partial charge in [0.2, 0.25) is 5.91 Å². The maximum atomic E-state index is 11.9. The average Bonchev–Trinajstić information content (AvgIpc) is 2.92. The van der Waals surface area contributed by atoms with Gasteiger partial charge in [0.25, 0.3) is 0 Å². The van der Waals surface area contributed by atoms with Crippen molar-refractivity contribution in [2.75, 3.05) is 6.54 Å². The fraction of sp³-hybridized carbons (Fsp3) is 0.267. The first kappa shape index (κ1) is 15.3. The Bertz CT molecular complexity index is 597. The number of amides is 1. The van der Waals surface area contributed by atoms with Crippen LogP contribution in [-0.2, 0) is 11.3 Å². The third-order valence-electron chi connectivity index (χ3n) is 2.81. The molecular formula is C15H18N4OS. The number of carbonyl (C=O) groups excluding carboxylic acids is 1. The zero-order chi connectivity index (χ0) is 15.1. The quantitative estimate of drug-likeness (QED) is 0.628. The van der Waals surface area contributed by atoms with Crippen LogP contribution in [0.25, 0.3) is 0 Å². The number of thioether (sulfide) groups is 1. The Labute approximate surface area is 128 Å². The highest BCUT2D eigenvalue weighted by Crippen LogP contribution is 2.22. The summed E-state index contributed by atoms with van der Waals surface area (Å²) in [6.07, 6.45) is 7.06. The van der Waals surface area contributed by atoms with E-state index in [1.54, 1.807) is 18.5 Å². The molecule has 0 aliphatic carbocycles. The van der Waals surface area contributed by atoms with E-state index in [0.29, 0.717) is 13.1 Å². The minimum absolute atomic E-state index is 0.0210. The number of hydrogen-bond donors (Lipinski definition) is 1. The molecule has 0 radical (unpaired) electrons.